The first kappa shape index (κ1) is 12.2. The van der Waals surface area contributed by atoms with E-state index in [9.17, 15) is 4.79 Å². The van der Waals surface area contributed by atoms with Crippen LogP contribution in [0.4, 0.5) is 0 Å². The van der Waals surface area contributed by atoms with Crippen molar-refractivity contribution in [3.05, 3.63) is 12.7 Å². The van der Waals surface area contributed by atoms with Crippen LogP contribution in [0.25, 0.3) is 0 Å². The van der Waals surface area contributed by atoms with E-state index in [4.69, 9.17) is 0 Å². The molecule has 0 aliphatic carbocycles. The fourth-order valence-electron chi connectivity index (χ4n) is 2.29. The molecule has 0 bridgehead atoms. The monoisotopic (exact) mass is 210 g/mol. The molecule has 1 amide bonds. The molecule has 1 fully saturated rings. The van der Waals surface area contributed by atoms with Crippen molar-refractivity contribution in [1.29, 1.82) is 0 Å². The molecule has 1 heterocycles. The van der Waals surface area contributed by atoms with Crippen LogP contribution in [0.1, 0.15) is 20.3 Å². The minimum Gasteiger partial charge on any atom is -0.342 e. The molecule has 1 unspecified atom stereocenters. The second kappa shape index (κ2) is 4.79. The number of hydrogen-bond donors (Lipinski definition) is 1. The maximum Gasteiger partial charge on any atom is 0.230 e. The maximum atomic E-state index is 12.3. The van der Waals surface area contributed by atoms with Crippen LogP contribution in [0.2, 0.25) is 0 Å². The summed E-state index contributed by atoms with van der Waals surface area (Å²) in [6.45, 7) is 10.3. The number of hydrogen-bond acceptors (Lipinski definition) is 2. The molecule has 0 radical (unpaired) electrons. The van der Waals surface area contributed by atoms with Crippen molar-refractivity contribution in [1.82, 2.24) is 10.2 Å². The van der Waals surface area contributed by atoms with Crippen molar-refractivity contribution >= 4 is 5.91 Å². The van der Waals surface area contributed by atoms with Crippen molar-refractivity contribution in [2.24, 2.45) is 11.3 Å². The highest BCUT2D eigenvalue weighted by Crippen LogP contribution is 2.35. The van der Waals surface area contributed by atoms with E-state index in [-0.39, 0.29) is 11.3 Å². The van der Waals surface area contributed by atoms with Gasteiger partial charge in [0.2, 0.25) is 5.91 Å². The molecule has 0 saturated carbocycles. The number of carbonyl (C=O) groups excluding carboxylic acids is 1. The molecule has 3 nitrogen and oxygen atoms in total. The first-order valence-corrected chi connectivity index (χ1v) is 5.62. The Hall–Kier alpha value is -0.830. The number of rotatable bonds is 4. The Morgan fingerprint density at radius 1 is 1.67 bits per heavy atom. The molecule has 0 aromatic rings. The van der Waals surface area contributed by atoms with E-state index in [1.807, 2.05) is 7.05 Å². The summed E-state index contributed by atoms with van der Waals surface area (Å²) < 4.78 is 0. The van der Waals surface area contributed by atoms with E-state index in [2.05, 4.69) is 25.7 Å². The number of likely N-dealkylation sites (N-methyl/N-ethyl adjacent to an activating group) is 1. The van der Waals surface area contributed by atoms with E-state index >= 15 is 0 Å². The highest BCUT2D eigenvalue weighted by atomic mass is 16.2. The lowest BCUT2D eigenvalue weighted by Gasteiger charge is -2.34. The smallest absolute Gasteiger partial charge is 0.230 e. The van der Waals surface area contributed by atoms with Gasteiger partial charge in [0.15, 0.2) is 0 Å². The highest BCUT2D eigenvalue weighted by Gasteiger charge is 2.44. The molecule has 1 saturated heterocycles. The fourth-order valence-corrected chi connectivity index (χ4v) is 2.29. The van der Waals surface area contributed by atoms with Crippen molar-refractivity contribution in [2.75, 3.05) is 26.7 Å². The summed E-state index contributed by atoms with van der Waals surface area (Å²) in [6, 6.07) is 0. The Balaban J connectivity index is 2.80. The van der Waals surface area contributed by atoms with Gasteiger partial charge in [-0.1, -0.05) is 19.9 Å². The molecule has 1 N–H and O–H groups in total. The molecule has 1 atom stereocenters. The van der Waals surface area contributed by atoms with Gasteiger partial charge in [0.05, 0.1) is 5.41 Å². The van der Waals surface area contributed by atoms with E-state index in [1.54, 1.807) is 11.0 Å². The summed E-state index contributed by atoms with van der Waals surface area (Å²) in [5, 5.41) is 3.30. The van der Waals surface area contributed by atoms with Crippen molar-refractivity contribution < 1.29 is 4.79 Å². The molecule has 1 rings (SSSR count). The lowest BCUT2D eigenvalue weighted by molar-refractivity contribution is -0.141. The summed E-state index contributed by atoms with van der Waals surface area (Å²) in [6.07, 6.45) is 2.72. The predicted octanol–water partition coefficient (Wildman–Crippen LogP) is 1.27. The normalized spacial score (nSPS) is 25.6. The Morgan fingerprint density at radius 2 is 2.33 bits per heavy atom. The van der Waals surface area contributed by atoms with Gasteiger partial charge in [-0.05, 0) is 18.9 Å². The average Bonchev–Trinajstić information content (AvgIpc) is 2.66. The lowest BCUT2D eigenvalue weighted by atomic mass is 9.75. The number of nitrogens with zero attached hydrogens (tertiary/aromatic N) is 1. The third kappa shape index (κ3) is 2.23. The van der Waals surface area contributed by atoms with E-state index in [0.717, 1.165) is 19.5 Å². The topological polar surface area (TPSA) is 32.3 Å². The Morgan fingerprint density at radius 3 is 2.73 bits per heavy atom. The van der Waals surface area contributed by atoms with Crippen LogP contribution < -0.4 is 5.32 Å². The quantitative estimate of drug-likeness (QED) is 0.709. The van der Waals surface area contributed by atoms with Crippen molar-refractivity contribution in [3.63, 3.8) is 0 Å². The zero-order valence-corrected chi connectivity index (χ0v) is 10.0. The molecule has 1 aliphatic rings. The molecule has 1 aliphatic heterocycles. The zero-order valence-electron chi connectivity index (χ0n) is 10.0. The number of nitrogens with one attached hydrogen (secondary N) is 1. The van der Waals surface area contributed by atoms with Gasteiger partial charge in [-0.3, -0.25) is 4.79 Å². The molecule has 0 spiro atoms. The van der Waals surface area contributed by atoms with Gasteiger partial charge in [-0.25, -0.2) is 0 Å². The third-order valence-electron chi connectivity index (χ3n) is 3.47. The minimum absolute atomic E-state index is 0.197. The maximum absolute atomic E-state index is 12.3. The Labute approximate surface area is 92.5 Å². The average molecular weight is 210 g/mol. The molecule has 86 valence electrons. The molecule has 0 aromatic heterocycles. The first-order chi connectivity index (χ1) is 7.04. The summed E-state index contributed by atoms with van der Waals surface area (Å²) in [4.78, 5) is 14.1. The van der Waals surface area contributed by atoms with Gasteiger partial charge < -0.3 is 10.2 Å². The van der Waals surface area contributed by atoms with Crippen LogP contribution >= 0.6 is 0 Å². The SMILES string of the molecule is C=CCN(C)C(=O)C1(C(C)C)CCNC1. The van der Waals surface area contributed by atoms with Crippen LogP contribution in [0.5, 0.6) is 0 Å². The standard InChI is InChI=1S/C12H22N2O/c1-5-8-14(4)11(15)12(10(2)3)6-7-13-9-12/h5,10,13H,1,6-9H2,2-4H3. The number of carbonyl (C=O) groups is 1. The lowest BCUT2D eigenvalue weighted by Crippen LogP contribution is -2.46. The summed E-state index contributed by atoms with van der Waals surface area (Å²) in [5.74, 6) is 0.634. The second-order valence-corrected chi connectivity index (χ2v) is 4.71. The van der Waals surface area contributed by atoms with Gasteiger partial charge in [0.25, 0.3) is 0 Å². The fraction of sp³-hybridized carbons (Fsp3) is 0.750. The largest absolute Gasteiger partial charge is 0.342 e. The van der Waals surface area contributed by atoms with Crippen molar-refractivity contribution in [2.45, 2.75) is 20.3 Å². The van der Waals surface area contributed by atoms with Crippen LogP contribution in [0.3, 0.4) is 0 Å². The van der Waals surface area contributed by atoms with E-state index in [1.165, 1.54) is 0 Å². The third-order valence-corrected chi connectivity index (χ3v) is 3.47. The van der Waals surface area contributed by atoms with Crippen LogP contribution in [0, 0.1) is 11.3 Å². The molecular formula is C12H22N2O. The van der Waals surface area contributed by atoms with Crippen LogP contribution in [-0.2, 0) is 4.79 Å². The molecule has 15 heavy (non-hydrogen) atoms. The predicted molar refractivity (Wildman–Crippen MR) is 62.6 cm³/mol. The summed E-state index contributed by atoms with van der Waals surface area (Å²) in [5.41, 5.74) is -0.197. The number of amides is 1. The summed E-state index contributed by atoms with van der Waals surface area (Å²) in [7, 11) is 1.85. The van der Waals surface area contributed by atoms with Gasteiger partial charge in [0, 0.05) is 20.1 Å². The first-order valence-electron chi connectivity index (χ1n) is 5.62. The van der Waals surface area contributed by atoms with Gasteiger partial charge in [0.1, 0.15) is 0 Å². The van der Waals surface area contributed by atoms with Crippen LogP contribution in [0.15, 0.2) is 12.7 Å². The second-order valence-electron chi connectivity index (χ2n) is 4.71. The molecular weight excluding hydrogens is 188 g/mol. The Kier molecular flexibility index (Phi) is 3.91. The molecule has 0 aromatic carbocycles. The molecule has 3 heteroatoms. The van der Waals surface area contributed by atoms with Gasteiger partial charge >= 0.3 is 0 Å². The summed E-state index contributed by atoms with van der Waals surface area (Å²) >= 11 is 0. The zero-order chi connectivity index (χ0) is 11.5. The van der Waals surface area contributed by atoms with Crippen molar-refractivity contribution in [3.8, 4) is 0 Å². The van der Waals surface area contributed by atoms with E-state index in [0.29, 0.717) is 12.5 Å². The van der Waals surface area contributed by atoms with Crippen LogP contribution in [-0.4, -0.2) is 37.5 Å². The van der Waals surface area contributed by atoms with Gasteiger partial charge in [-0.2, -0.15) is 0 Å². The van der Waals surface area contributed by atoms with E-state index < -0.39 is 0 Å². The van der Waals surface area contributed by atoms with Gasteiger partial charge in [-0.15, -0.1) is 6.58 Å². The minimum atomic E-state index is -0.197. The Bertz CT molecular complexity index is 242. The highest BCUT2D eigenvalue weighted by molar-refractivity contribution is 5.83.